The highest BCUT2D eigenvalue weighted by Gasteiger charge is 2.29. The second-order valence-corrected chi connectivity index (χ2v) is 6.20. The third-order valence-corrected chi connectivity index (χ3v) is 4.85. The molecule has 2 aliphatic rings. The normalized spacial score (nSPS) is 25.4. The lowest BCUT2D eigenvalue weighted by molar-refractivity contribution is -0.126. The van der Waals surface area contributed by atoms with Crippen molar-refractivity contribution in [3.05, 3.63) is 21.9 Å². The smallest absolute Gasteiger partial charge is 0.222 e. The minimum absolute atomic E-state index is 0.309. The number of carbonyl (C=O) groups excluding carboxylic acids is 1. The van der Waals surface area contributed by atoms with Gasteiger partial charge >= 0.3 is 0 Å². The Kier molecular flexibility index (Phi) is 2.92. The number of hydrogen-bond donors (Lipinski definition) is 0. The fourth-order valence-electron chi connectivity index (χ4n) is 2.91. The molecule has 1 aromatic rings. The highest BCUT2D eigenvalue weighted by Crippen LogP contribution is 2.26. The van der Waals surface area contributed by atoms with Crippen LogP contribution in [0.5, 0.6) is 0 Å². The summed E-state index contributed by atoms with van der Waals surface area (Å²) in [6.07, 6.45) is 1.92. The fourth-order valence-corrected chi connectivity index (χ4v) is 3.80. The van der Waals surface area contributed by atoms with Crippen LogP contribution in [0.4, 0.5) is 0 Å². The standard InChI is InChI=1S/C13H18N2OS/c1-14-7-10(6-13(14)16)8-15-4-2-12-11(9-15)3-5-17-12/h3,5,10H,2,4,6-9H2,1H3. The fraction of sp³-hybridized carbons (Fsp3) is 0.615. The largest absolute Gasteiger partial charge is 0.345 e. The van der Waals surface area contributed by atoms with Gasteiger partial charge in [0.1, 0.15) is 0 Å². The molecule has 0 bridgehead atoms. The third-order valence-electron chi connectivity index (χ3n) is 3.82. The van der Waals surface area contributed by atoms with Crippen LogP contribution >= 0.6 is 11.3 Å². The average Bonchev–Trinajstić information content (AvgIpc) is 2.86. The summed E-state index contributed by atoms with van der Waals surface area (Å²) in [5.74, 6) is 0.843. The molecule has 1 atom stereocenters. The number of fused-ring (bicyclic) bond motifs is 1. The van der Waals surface area contributed by atoms with E-state index in [1.165, 1.54) is 12.0 Å². The minimum atomic E-state index is 0.309. The molecule has 0 aliphatic carbocycles. The molecular formula is C13H18N2OS. The Morgan fingerprint density at radius 1 is 1.53 bits per heavy atom. The van der Waals surface area contributed by atoms with Crippen LogP contribution in [-0.4, -0.2) is 42.4 Å². The van der Waals surface area contributed by atoms with Crippen LogP contribution in [-0.2, 0) is 17.8 Å². The molecule has 1 unspecified atom stereocenters. The molecule has 0 spiro atoms. The third kappa shape index (κ3) is 2.24. The average molecular weight is 250 g/mol. The van der Waals surface area contributed by atoms with Crippen LogP contribution in [0.25, 0.3) is 0 Å². The quantitative estimate of drug-likeness (QED) is 0.796. The summed E-state index contributed by atoms with van der Waals surface area (Å²) in [6, 6.07) is 2.25. The Morgan fingerprint density at radius 3 is 3.18 bits per heavy atom. The lowest BCUT2D eigenvalue weighted by Gasteiger charge is -2.28. The van der Waals surface area contributed by atoms with Crippen LogP contribution in [0, 0.1) is 5.92 Å². The number of rotatable bonds is 2. The van der Waals surface area contributed by atoms with Gasteiger partial charge in [-0.3, -0.25) is 9.69 Å². The Labute approximate surface area is 106 Å². The van der Waals surface area contributed by atoms with Gasteiger partial charge in [-0.1, -0.05) is 0 Å². The molecule has 92 valence electrons. The maximum absolute atomic E-state index is 11.5. The van der Waals surface area contributed by atoms with Gasteiger partial charge in [0.15, 0.2) is 0 Å². The molecule has 0 N–H and O–H groups in total. The molecule has 0 saturated carbocycles. The lowest BCUT2D eigenvalue weighted by Crippen LogP contribution is -2.34. The van der Waals surface area contributed by atoms with E-state index in [2.05, 4.69) is 16.3 Å². The van der Waals surface area contributed by atoms with Crippen LogP contribution in [0.3, 0.4) is 0 Å². The Bertz CT molecular complexity index is 429. The molecule has 17 heavy (non-hydrogen) atoms. The Balaban J connectivity index is 1.59. The zero-order valence-electron chi connectivity index (χ0n) is 10.2. The van der Waals surface area contributed by atoms with Crippen molar-refractivity contribution >= 4 is 17.2 Å². The van der Waals surface area contributed by atoms with Gasteiger partial charge < -0.3 is 4.90 Å². The second-order valence-electron chi connectivity index (χ2n) is 5.20. The molecule has 3 nitrogen and oxygen atoms in total. The van der Waals surface area contributed by atoms with Gasteiger partial charge in [0.2, 0.25) is 5.91 Å². The van der Waals surface area contributed by atoms with E-state index in [0.29, 0.717) is 11.8 Å². The predicted octanol–water partition coefficient (Wildman–Crippen LogP) is 1.58. The molecular weight excluding hydrogens is 232 g/mol. The highest BCUT2D eigenvalue weighted by molar-refractivity contribution is 7.10. The maximum atomic E-state index is 11.5. The summed E-state index contributed by atoms with van der Waals surface area (Å²) >= 11 is 1.88. The van der Waals surface area contributed by atoms with E-state index in [9.17, 15) is 4.79 Å². The van der Waals surface area contributed by atoms with E-state index in [4.69, 9.17) is 0 Å². The number of amides is 1. The van der Waals surface area contributed by atoms with Gasteiger partial charge in [0, 0.05) is 44.5 Å². The lowest BCUT2D eigenvalue weighted by atomic mass is 10.0. The molecule has 2 aliphatic heterocycles. The summed E-state index contributed by atoms with van der Waals surface area (Å²) in [6.45, 7) is 4.24. The molecule has 3 heterocycles. The van der Waals surface area contributed by atoms with E-state index in [0.717, 1.165) is 32.6 Å². The van der Waals surface area contributed by atoms with Gasteiger partial charge in [0.25, 0.3) is 0 Å². The minimum Gasteiger partial charge on any atom is -0.345 e. The first-order valence-electron chi connectivity index (χ1n) is 6.24. The number of nitrogens with zero attached hydrogens (tertiary/aromatic N) is 2. The monoisotopic (exact) mass is 250 g/mol. The van der Waals surface area contributed by atoms with Crippen molar-refractivity contribution in [1.29, 1.82) is 0 Å². The van der Waals surface area contributed by atoms with E-state index in [-0.39, 0.29) is 0 Å². The van der Waals surface area contributed by atoms with E-state index in [1.54, 1.807) is 4.88 Å². The first-order chi connectivity index (χ1) is 8.22. The Hall–Kier alpha value is -0.870. The van der Waals surface area contributed by atoms with Crippen molar-refractivity contribution in [1.82, 2.24) is 9.80 Å². The highest BCUT2D eigenvalue weighted by atomic mass is 32.1. The van der Waals surface area contributed by atoms with Crippen LogP contribution in [0.1, 0.15) is 16.9 Å². The molecule has 0 radical (unpaired) electrons. The number of likely N-dealkylation sites (tertiary alicyclic amines) is 1. The summed E-state index contributed by atoms with van der Waals surface area (Å²) < 4.78 is 0. The summed E-state index contributed by atoms with van der Waals surface area (Å²) in [7, 11) is 1.91. The molecule has 4 heteroatoms. The van der Waals surface area contributed by atoms with Crippen molar-refractivity contribution in [2.75, 3.05) is 26.7 Å². The van der Waals surface area contributed by atoms with E-state index < -0.39 is 0 Å². The van der Waals surface area contributed by atoms with Crippen molar-refractivity contribution < 1.29 is 4.79 Å². The van der Waals surface area contributed by atoms with Gasteiger partial charge in [-0.05, 0) is 29.3 Å². The van der Waals surface area contributed by atoms with Crippen molar-refractivity contribution in [3.8, 4) is 0 Å². The van der Waals surface area contributed by atoms with Crippen LogP contribution < -0.4 is 0 Å². The summed E-state index contributed by atoms with van der Waals surface area (Å²) in [4.78, 5) is 17.4. The van der Waals surface area contributed by atoms with Crippen LogP contribution in [0.2, 0.25) is 0 Å². The molecule has 1 saturated heterocycles. The van der Waals surface area contributed by atoms with Gasteiger partial charge in [-0.15, -0.1) is 11.3 Å². The predicted molar refractivity (Wildman–Crippen MR) is 69.0 cm³/mol. The molecule has 1 amide bonds. The van der Waals surface area contributed by atoms with Crippen molar-refractivity contribution in [3.63, 3.8) is 0 Å². The summed E-state index contributed by atoms with van der Waals surface area (Å²) in [5.41, 5.74) is 1.50. The molecule has 1 fully saturated rings. The zero-order chi connectivity index (χ0) is 11.8. The van der Waals surface area contributed by atoms with E-state index in [1.807, 2.05) is 23.3 Å². The maximum Gasteiger partial charge on any atom is 0.222 e. The SMILES string of the molecule is CN1CC(CN2CCc3sccc3C2)CC1=O. The van der Waals surface area contributed by atoms with Gasteiger partial charge in [-0.25, -0.2) is 0 Å². The zero-order valence-corrected chi connectivity index (χ0v) is 11.0. The number of carbonyl (C=O) groups is 1. The topological polar surface area (TPSA) is 23.6 Å². The molecule has 1 aromatic heterocycles. The van der Waals surface area contributed by atoms with Crippen molar-refractivity contribution in [2.45, 2.75) is 19.4 Å². The number of thiophene rings is 1. The first kappa shape index (κ1) is 11.2. The Morgan fingerprint density at radius 2 is 2.41 bits per heavy atom. The second kappa shape index (κ2) is 4.42. The summed E-state index contributed by atoms with van der Waals surface area (Å²) in [5, 5.41) is 2.20. The number of hydrogen-bond acceptors (Lipinski definition) is 3. The molecule has 0 aromatic carbocycles. The van der Waals surface area contributed by atoms with Gasteiger partial charge in [0.05, 0.1) is 0 Å². The first-order valence-corrected chi connectivity index (χ1v) is 7.12. The van der Waals surface area contributed by atoms with Crippen molar-refractivity contribution in [2.24, 2.45) is 5.92 Å². The molecule has 3 rings (SSSR count). The van der Waals surface area contributed by atoms with Gasteiger partial charge in [-0.2, -0.15) is 0 Å². The van der Waals surface area contributed by atoms with E-state index >= 15 is 0 Å². The van der Waals surface area contributed by atoms with Crippen LogP contribution in [0.15, 0.2) is 11.4 Å².